The van der Waals surface area contributed by atoms with E-state index in [4.69, 9.17) is 5.73 Å². The molecule has 0 aromatic heterocycles. The van der Waals surface area contributed by atoms with E-state index in [2.05, 4.69) is 10.1 Å². The molecule has 1 amide bonds. The molecule has 4 nitrogen and oxygen atoms in total. The fraction of sp³-hybridized carbons (Fsp3) is 0.364. The fourth-order valence-corrected chi connectivity index (χ4v) is 1.25. The molecule has 1 aromatic carbocycles. The van der Waals surface area contributed by atoms with Crippen LogP contribution in [0.5, 0.6) is 5.75 Å². The summed E-state index contributed by atoms with van der Waals surface area (Å²) in [5.74, 6) is -0.581. The maximum Gasteiger partial charge on any atom is 0.387 e. The lowest BCUT2D eigenvalue weighted by molar-refractivity contribution is -0.0501. The maximum atomic E-state index is 12.1. The topological polar surface area (TPSA) is 64.3 Å². The predicted octanol–water partition coefficient (Wildman–Crippen LogP) is 1.79. The van der Waals surface area contributed by atoms with Crippen molar-refractivity contribution in [3.63, 3.8) is 0 Å². The lowest BCUT2D eigenvalue weighted by atomic mass is 10.2. The average molecular weight is 281 g/mol. The van der Waals surface area contributed by atoms with Crippen molar-refractivity contribution in [3.8, 4) is 5.75 Å². The van der Waals surface area contributed by atoms with Gasteiger partial charge in [-0.05, 0) is 25.1 Å². The van der Waals surface area contributed by atoms with Crippen molar-refractivity contribution in [1.82, 2.24) is 5.32 Å². The molecule has 0 aliphatic heterocycles. The van der Waals surface area contributed by atoms with Crippen LogP contribution in [-0.2, 0) is 0 Å². The van der Waals surface area contributed by atoms with Crippen LogP contribution in [-0.4, -0.2) is 25.6 Å². The van der Waals surface area contributed by atoms with Crippen LogP contribution in [0.3, 0.4) is 0 Å². The Morgan fingerprint density at radius 1 is 1.39 bits per heavy atom. The minimum atomic E-state index is -2.95. The molecule has 0 heterocycles. The number of hydrogen-bond donors (Lipinski definition) is 2. The number of halogens is 3. The van der Waals surface area contributed by atoms with E-state index in [0.29, 0.717) is 19.5 Å². The SMILES string of the molecule is Cl.NCCCNC(=O)c1ccccc1OC(F)F. The summed E-state index contributed by atoms with van der Waals surface area (Å²) in [5.41, 5.74) is 5.36. The number of alkyl halides is 2. The third-order valence-corrected chi connectivity index (χ3v) is 2.01. The Balaban J connectivity index is 0.00000289. The maximum absolute atomic E-state index is 12.1. The van der Waals surface area contributed by atoms with Crippen molar-refractivity contribution >= 4 is 18.3 Å². The first-order valence-corrected chi connectivity index (χ1v) is 5.17. The Morgan fingerprint density at radius 2 is 2.06 bits per heavy atom. The molecule has 0 fully saturated rings. The molecule has 0 saturated heterocycles. The second-order valence-corrected chi connectivity index (χ2v) is 3.27. The van der Waals surface area contributed by atoms with Gasteiger partial charge in [0.1, 0.15) is 5.75 Å². The molecule has 0 atom stereocenters. The third-order valence-electron chi connectivity index (χ3n) is 2.01. The highest BCUT2D eigenvalue weighted by Crippen LogP contribution is 2.19. The van der Waals surface area contributed by atoms with Gasteiger partial charge in [0.15, 0.2) is 0 Å². The molecule has 18 heavy (non-hydrogen) atoms. The number of benzene rings is 1. The summed E-state index contributed by atoms with van der Waals surface area (Å²) >= 11 is 0. The summed E-state index contributed by atoms with van der Waals surface area (Å²) in [4.78, 5) is 11.6. The number of hydrogen-bond acceptors (Lipinski definition) is 3. The molecule has 7 heteroatoms. The number of nitrogens with one attached hydrogen (secondary N) is 1. The summed E-state index contributed by atoms with van der Waals surface area (Å²) in [6, 6.07) is 5.85. The Bertz CT molecular complexity index is 378. The second kappa shape index (κ2) is 8.66. The standard InChI is InChI=1S/C11H14F2N2O2.ClH/c12-11(13)17-9-5-2-1-4-8(9)10(16)15-7-3-6-14;/h1-2,4-5,11H,3,6-7,14H2,(H,15,16);1H. The molecule has 0 aliphatic rings. The van der Waals surface area contributed by atoms with Crippen LogP contribution in [0.25, 0.3) is 0 Å². The highest BCUT2D eigenvalue weighted by molar-refractivity contribution is 5.96. The summed E-state index contributed by atoms with van der Waals surface area (Å²) in [6.07, 6.45) is 0.629. The number of nitrogens with two attached hydrogens (primary N) is 1. The van der Waals surface area contributed by atoms with Gasteiger partial charge in [0.25, 0.3) is 5.91 Å². The Hall–Kier alpha value is -1.40. The van der Waals surface area contributed by atoms with E-state index in [1.165, 1.54) is 18.2 Å². The summed E-state index contributed by atoms with van der Waals surface area (Å²) in [7, 11) is 0. The zero-order valence-corrected chi connectivity index (χ0v) is 10.4. The van der Waals surface area contributed by atoms with E-state index >= 15 is 0 Å². The van der Waals surface area contributed by atoms with Gasteiger partial charge >= 0.3 is 6.61 Å². The van der Waals surface area contributed by atoms with Gasteiger partial charge < -0.3 is 15.8 Å². The average Bonchev–Trinajstić information content (AvgIpc) is 2.29. The number of para-hydroxylation sites is 1. The molecule has 0 aliphatic carbocycles. The van der Waals surface area contributed by atoms with E-state index in [0.717, 1.165) is 0 Å². The van der Waals surface area contributed by atoms with Crippen molar-refractivity contribution in [2.45, 2.75) is 13.0 Å². The highest BCUT2D eigenvalue weighted by atomic mass is 35.5. The number of ether oxygens (including phenoxy) is 1. The van der Waals surface area contributed by atoms with Gasteiger partial charge in [-0.2, -0.15) is 8.78 Å². The van der Waals surface area contributed by atoms with Crippen molar-refractivity contribution < 1.29 is 18.3 Å². The van der Waals surface area contributed by atoms with E-state index in [-0.39, 0.29) is 23.7 Å². The molecule has 0 saturated carbocycles. The van der Waals surface area contributed by atoms with Crippen LogP contribution in [0.15, 0.2) is 24.3 Å². The smallest absolute Gasteiger partial charge is 0.387 e. The zero-order chi connectivity index (χ0) is 12.7. The van der Waals surface area contributed by atoms with Crippen molar-refractivity contribution in [1.29, 1.82) is 0 Å². The first-order valence-electron chi connectivity index (χ1n) is 5.17. The first-order chi connectivity index (χ1) is 8.15. The minimum Gasteiger partial charge on any atom is -0.434 e. The van der Waals surface area contributed by atoms with Crippen molar-refractivity contribution in [3.05, 3.63) is 29.8 Å². The second-order valence-electron chi connectivity index (χ2n) is 3.27. The lowest BCUT2D eigenvalue weighted by Gasteiger charge is -2.10. The molecule has 102 valence electrons. The number of carbonyl (C=O) groups excluding carboxylic acids is 1. The summed E-state index contributed by atoms with van der Waals surface area (Å²) in [5, 5.41) is 2.57. The van der Waals surface area contributed by atoms with E-state index < -0.39 is 12.5 Å². The molecule has 0 radical (unpaired) electrons. The molecule has 1 aromatic rings. The predicted molar refractivity (Wildman–Crippen MR) is 66.3 cm³/mol. The van der Waals surface area contributed by atoms with Crippen LogP contribution in [0.2, 0.25) is 0 Å². The van der Waals surface area contributed by atoms with E-state index in [9.17, 15) is 13.6 Å². The first kappa shape index (κ1) is 16.6. The van der Waals surface area contributed by atoms with Gasteiger partial charge in [0, 0.05) is 6.54 Å². The van der Waals surface area contributed by atoms with Gasteiger partial charge in [-0.25, -0.2) is 0 Å². The summed E-state index contributed by atoms with van der Waals surface area (Å²) in [6.45, 7) is -2.10. The Morgan fingerprint density at radius 3 is 2.67 bits per heavy atom. The van der Waals surface area contributed by atoms with Gasteiger partial charge in [-0.15, -0.1) is 12.4 Å². The van der Waals surface area contributed by atoms with Gasteiger partial charge in [0.05, 0.1) is 5.56 Å². The molecular weight excluding hydrogens is 266 g/mol. The molecule has 3 N–H and O–H groups in total. The molecule has 0 bridgehead atoms. The van der Waals surface area contributed by atoms with Crippen LogP contribution < -0.4 is 15.8 Å². The third kappa shape index (κ3) is 5.29. The van der Waals surface area contributed by atoms with Crippen LogP contribution >= 0.6 is 12.4 Å². The van der Waals surface area contributed by atoms with Gasteiger partial charge in [-0.3, -0.25) is 4.79 Å². The Kier molecular flexibility index (Phi) is 7.98. The van der Waals surface area contributed by atoms with Gasteiger partial charge in [0.2, 0.25) is 0 Å². The normalized spacial score (nSPS) is 9.78. The summed E-state index contributed by atoms with van der Waals surface area (Å²) < 4.78 is 28.5. The van der Waals surface area contributed by atoms with Gasteiger partial charge in [-0.1, -0.05) is 12.1 Å². The number of carbonyl (C=O) groups is 1. The lowest BCUT2D eigenvalue weighted by Crippen LogP contribution is -2.26. The number of rotatable bonds is 6. The zero-order valence-electron chi connectivity index (χ0n) is 9.57. The van der Waals surface area contributed by atoms with Crippen LogP contribution in [0.4, 0.5) is 8.78 Å². The largest absolute Gasteiger partial charge is 0.434 e. The highest BCUT2D eigenvalue weighted by Gasteiger charge is 2.14. The molecule has 0 spiro atoms. The number of amides is 1. The fourth-order valence-electron chi connectivity index (χ4n) is 1.25. The molecular formula is C11H15ClF2N2O2. The molecule has 0 unspecified atom stereocenters. The van der Waals surface area contributed by atoms with E-state index in [1.54, 1.807) is 6.07 Å². The monoisotopic (exact) mass is 280 g/mol. The van der Waals surface area contributed by atoms with E-state index in [1.807, 2.05) is 0 Å². The molecule has 1 rings (SSSR count). The quantitative estimate of drug-likeness (QED) is 0.781. The van der Waals surface area contributed by atoms with Crippen LogP contribution in [0.1, 0.15) is 16.8 Å². The Labute approximate surface area is 110 Å². The van der Waals surface area contributed by atoms with Crippen LogP contribution in [0, 0.1) is 0 Å². The minimum absolute atomic E-state index is 0. The van der Waals surface area contributed by atoms with Crippen molar-refractivity contribution in [2.24, 2.45) is 5.73 Å². The van der Waals surface area contributed by atoms with Crippen molar-refractivity contribution in [2.75, 3.05) is 13.1 Å².